The van der Waals surface area contributed by atoms with E-state index in [4.69, 9.17) is 0 Å². The van der Waals surface area contributed by atoms with Crippen LogP contribution in [0.25, 0.3) is 12.2 Å². The van der Waals surface area contributed by atoms with Gasteiger partial charge in [-0.1, -0.05) is 24.3 Å². The van der Waals surface area contributed by atoms with Gasteiger partial charge in [-0.25, -0.2) is 0 Å². The molecule has 0 fully saturated rings. The highest BCUT2D eigenvalue weighted by Crippen LogP contribution is 1.70. The Morgan fingerprint density at radius 3 is 1.58 bits per heavy atom. The van der Waals surface area contributed by atoms with Crippen LogP contribution in [0.2, 0.25) is 0 Å². The predicted molar refractivity (Wildman–Crippen MR) is 46.8 cm³/mol. The molecule has 2 nitrogen and oxygen atoms in total. The van der Waals surface area contributed by atoms with Crippen LogP contribution < -0.4 is 10.4 Å². The van der Waals surface area contributed by atoms with Gasteiger partial charge < -0.3 is 0 Å². The Kier molecular flexibility index (Phi) is 2.96. The molecule has 0 N–H and O–H groups in total. The maximum absolute atomic E-state index is 10.2. The number of benzene rings is 1. The molecule has 0 radical (unpaired) electrons. The third kappa shape index (κ3) is 1.89. The Labute approximate surface area is 69.8 Å². The average molecular weight is 160 g/mol. The highest BCUT2D eigenvalue weighted by atomic mass is 16.1. The molecule has 0 unspecified atom stereocenters. The van der Waals surface area contributed by atoms with Crippen molar-refractivity contribution in [3.8, 4) is 0 Å². The molecule has 0 aliphatic rings. The fourth-order valence-corrected chi connectivity index (χ4v) is 0.961. The predicted octanol–water partition coefficient (Wildman–Crippen LogP) is -0.355. The molecule has 1 aromatic rings. The topological polar surface area (TPSA) is 34.1 Å². The van der Waals surface area contributed by atoms with Crippen molar-refractivity contribution < 1.29 is 9.59 Å². The molecule has 0 spiro atoms. The smallest absolute Gasteiger partial charge is 0.143 e. The number of hydrogen-bond acceptors (Lipinski definition) is 2. The van der Waals surface area contributed by atoms with Crippen molar-refractivity contribution in [1.82, 2.24) is 0 Å². The number of aldehydes is 2. The third-order valence-corrected chi connectivity index (χ3v) is 1.49. The number of carbonyl (C=O) groups excluding carboxylic acids is 2. The Morgan fingerprint density at radius 2 is 1.25 bits per heavy atom. The minimum atomic E-state index is 0.706. The maximum Gasteiger partial charge on any atom is 0.143 e. The van der Waals surface area contributed by atoms with Gasteiger partial charge in [0.1, 0.15) is 12.6 Å². The van der Waals surface area contributed by atoms with E-state index in [1.54, 1.807) is 12.1 Å². The minimum Gasteiger partial charge on any atom is -0.299 e. The third-order valence-electron chi connectivity index (χ3n) is 1.49. The van der Waals surface area contributed by atoms with Gasteiger partial charge in [-0.05, 0) is 22.6 Å². The largest absolute Gasteiger partial charge is 0.299 e. The molecule has 0 heterocycles. The molecule has 0 saturated carbocycles. The summed E-state index contributed by atoms with van der Waals surface area (Å²) in [4.78, 5) is 20.3. The Morgan fingerprint density at radius 1 is 0.833 bits per heavy atom. The number of rotatable bonds is 2. The quantitative estimate of drug-likeness (QED) is 0.554. The van der Waals surface area contributed by atoms with Gasteiger partial charge in [0, 0.05) is 0 Å². The van der Waals surface area contributed by atoms with Crippen LogP contribution in [0.5, 0.6) is 0 Å². The van der Waals surface area contributed by atoms with Crippen molar-refractivity contribution in [2.45, 2.75) is 0 Å². The van der Waals surface area contributed by atoms with E-state index >= 15 is 0 Å². The molecule has 12 heavy (non-hydrogen) atoms. The summed E-state index contributed by atoms with van der Waals surface area (Å²) in [7, 11) is 0. The lowest BCUT2D eigenvalue weighted by Crippen LogP contribution is -2.23. The first kappa shape index (κ1) is 8.40. The molecular formula is C10H8O2. The zero-order valence-electron chi connectivity index (χ0n) is 6.44. The van der Waals surface area contributed by atoms with E-state index in [0.717, 1.165) is 10.4 Å². The normalized spacial score (nSPS) is 13.0. The first-order valence-corrected chi connectivity index (χ1v) is 3.54. The van der Waals surface area contributed by atoms with E-state index < -0.39 is 0 Å². The highest BCUT2D eigenvalue weighted by Gasteiger charge is 1.81. The van der Waals surface area contributed by atoms with Crippen molar-refractivity contribution in [2.24, 2.45) is 0 Å². The van der Waals surface area contributed by atoms with E-state index in [-0.39, 0.29) is 0 Å². The van der Waals surface area contributed by atoms with Crippen LogP contribution in [0.15, 0.2) is 24.3 Å². The van der Waals surface area contributed by atoms with E-state index in [2.05, 4.69) is 0 Å². The van der Waals surface area contributed by atoms with Crippen LogP contribution in [0.3, 0.4) is 0 Å². The van der Waals surface area contributed by atoms with Gasteiger partial charge in [0.05, 0.1) is 0 Å². The zero-order chi connectivity index (χ0) is 8.81. The van der Waals surface area contributed by atoms with Crippen molar-refractivity contribution in [3.05, 3.63) is 34.7 Å². The second-order valence-electron chi connectivity index (χ2n) is 2.23. The van der Waals surface area contributed by atoms with Crippen LogP contribution in [0.4, 0.5) is 0 Å². The SMILES string of the molecule is O=CC=c1ccccc1=CC=O. The molecule has 60 valence electrons. The van der Waals surface area contributed by atoms with Crippen LogP contribution in [0.1, 0.15) is 0 Å². The van der Waals surface area contributed by atoms with E-state index in [9.17, 15) is 9.59 Å². The second kappa shape index (κ2) is 4.23. The zero-order valence-corrected chi connectivity index (χ0v) is 6.44. The maximum atomic E-state index is 10.2. The molecule has 0 atom stereocenters. The van der Waals surface area contributed by atoms with Crippen LogP contribution >= 0.6 is 0 Å². The standard InChI is InChI=1S/C10H8O2/c11-7-5-9-3-1-2-4-10(9)6-8-12/h1-8H. The van der Waals surface area contributed by atoms with E-state index in [1.165, 1.54) is 12.2 Å². The van der Waals surface area contributed by atoms with Gasteiger partial charge >= 0.3 is 0 Å². The molecule has 0 bridgehead atoms. The van der Waals surface area contributed by atoms with E-state index in [0.29, 0.717) is 12.6 Å². The molecule has 0 saturated heterocycles. The average Bonchev–Trinajstić information content (AvgIpc) is 2.09. The molecule has 0 aliphatic heterocycles. The lowest BCUT2D eigenvalue weighted by Gasteiger charge is -1.84. The van der Waals surface area contributed by atoms with Crippen LogP contribution in [-0.4, -0.2) is 12.6 Å². The van der Waals surface area contributed by atoms with Crippen molar-refractivity contribution in [3.63, 3.8) is 0 Å². The number of hydrogen-bond donors (Lipinski definition) is 0. The summed E-state index contributed by atoms with van der Waals surface area (Å²) in [5.74, 6) is 0. The van der Waals surface area contributed by atoms with Gasteiger partial charge in [-0.15, -0.1) is 0 Å². The van der Waals surface area contributed by atoms with Gasteiger partial charge in [0.25, 0.3) is 0 Å². The van der Waals surface area contributed by atoms with Crippen LogP contribution in [-0.2, 0) is 9.59 Å². The Bertz CT molecular complexity index is 352. The monoisotopic (exact) mass is 160 g/mol. The summed E-state index contributed by atoms with van der Waals surface area (Å²) in [6.45, 7) is 0. The van der Waals surface area contributed by atoms with Crippen LogP contribution in [0, 0.1) is 0 Å². The highest BCUT2D eigenvalue weighted by molar-refractivity contribution is 5.89. The molecule has 0 amide bonds. The first-order chi connectivity index (χ1) is 5.88. The summed E-state index contributed by atoms with van der Waals surface area (Å²) >= 11 is 0. The second-order valence-corrected chi connectivity index (χ2v) is 2.23. The summed E-state index contributed by atoms with van der Waals surface area (Å²) in [5, 5.41) is 1.53. The van der Waals surface area contributed by atoms with Crippen molar-refractivity contribution in [1.29, 1.82) is 0 Å². The summed E-state index contributed by atoms with van der Waals surface area (Å²) in [6, 6.07) is 7.20. The van der Waals surface area contributed by atoms with Gasteiger partial charge in [-0.2, -0.15) is 0 Å². The number of carbonyl (C=O) groups is 2. The Balaban J connectivity index is 3.47. The summed E-state index contributed by atoms with van der Waals surface area (Å²) < 4.78 is 0. The minimum absolute atomic E-state index is 0.706. The molecule has 1 aromatic carbocycles. The molecular weight excluding hydrogens is 152 g/mol. The van der Waals surface area contributed by atoms with Gasteiger partial charge in [-0.3, -0.25) is 9.59 Å². The Hall–Kier alpha value is -1.70. The van der Waals surface area contributed by atoms with Crippen molar-refractivity contribution in [2.75, 3.05) is 0 Å². The first-order valence-electron chi connectivity index (χ1n) is 3.54. The summed E-state index contributed by atoms with van der Waals surface area (Å²) in [6.07, 6.45) is 4.26. The molecule has 0 aliphatic carbocycles. The fraction of sp³-hybridized carbons (Fsp3) is 0. The molecule has 0 aromatic heterocycles. The fourth-order valence-electron chi connectivity index (χ4n) is 0.961. The van der Waals surface area contributed by atoms with Crippen molar-refractivity contribution >= 4 is 24.7 Å². The van der Waals surface area contributed by atoms with Gasteiger partial charge in [0.15, 0.2) is 0 Å². The lowest BCUT2D eigenvalue weighted by atomic mass is 10.2. The van der Waals surface area contributed by atoms with E-state index in [1.807, 2.05) is 12.1 Å². The van der Waals surface area contributed by atoms with Gasteiger partial charge in [0.2, 0.25) is 0 Å². The summed E-state index contributed by atoms with van der Waals surface area (Å²) in [5.41, 5.74) is 0. The molecule has 1 rings (SSSR count). The lowest BCUT2D eigenvalue weighted by molar-refractivity contribution is -0.103. The molecule has 2 heteroatoms.